The van der Waals surface area contributed by atoms with E-state index in [1.165, 1.54) is 6.42 Å². The number of hydrogen-bond acceptors (Lipinski definition) is 4. The van der Waals surface area contributed by atoms with Crippen LogP contribution in [0.15, 0.2) is 43.1 Å². The number of rotatable bonds is 5. The van der Waals surface area contributed by atoms with E-state index in [0.717, 1.165) is 41.7 Å². The first-order valence-corrected chi connectivity index (χ1v) is 11.2. The van der Waals surface area contributed by atoms with Crippen LogP contribution in [0, 0.1) is 11.8 Å². The van der Waals surface area contributed by atoms with Gasteiger partial charge in [-0.25, -0.2) is 4.79 Å². The smallest absolute Gasteiger partial charge is 0.315 e. The second-order valence-electron chi connectivity index (χ2n) is 9.86. The molecule has 2 N–H and O–H groups in total. The van der Waals surface area contributed by atoms with Gasteiger partial charge in [-0.2, -0.15) is 0 Å². The standard InChI is InChI=1S/C25H34N4O2/c1-6-16-15-29-12-10-17(16)13-22(29)23(27-24(30)28-25(2,3)4)19-9-11-26-21-8-7-18(31-5)14-20(19)21/h6-9,11,14,16-17,22-23H,1,10,12-13,15H2,2-5H3,(H2,27,28,30)/t16-,17-,22-,23-/m0/s1. The van der Waals surface area contributed by atoms with E-state index in [1.807, 2.05) is 51.2 Å². The van der Waals surface area contributed by atoms with Gasteiger partial charge in [-0.05, 0) is 81.8 Å². The van der Waals surface area contributed by atoms with Crippen LogP contribution in [0.25, 0.3) is 10.9 Å². The number of aromatic nitrogens is 1. The molecule has 0 saturated carbocycles. The molecule has 0 aliphatic carbocycles. The summed E-state index contributed by atoms with van der Waals surface area (Å²) in [5.41, 5.74) is 1.68. The van der Waals surface area contributed by atoms with Crippen molar-refractivity contribution in [3.63, 3.8) is 0 Å². The van der Waals surface area contributed by atoms with Crippen LogP contribution in [0.2, 0.25) is 0 Å². The van der Waals surface area contributed by atoms with Crippen molar-refractivity contribution in [2.24, 2.45) is 11.8 Å². The second kappa shape index (κ2) is 8.50. The fourth-order valence-electron chi connectivity index (χ4n) is 5.17. The fraction of sp³-hybridized carbons (Fsp3) is 0.520. The summed E-state index contributed by atoms with van der Waals surface area (Å²) in [6.45, 7) is 12.1. The summed E-state index contributed by atoms with van der Waals surface area (Å²) in [6, 6.07) is 7.91. The van der Waals surface area contributed by atoms with Gasteiger partial charge in [0.1, 0.15) is 5.75 Å². The van der Waals surface area contributed by atoms with Crippen LogP contribution in [0.5, 0.6) is 5.75 Å². The van der Waals surface area contributed by atoms with E-state index in [-0.39, 0.29) is 23.7 Å². The maximum absolute atomic E-state index is 13.0. The molecular weight excluding hydrogens is 388 g/mol. The molecule has 1 aromatic carbocycles. The van der Waals surface area contributed by atoms with Gasteiger partial charge in [0.05, 0.1) is 18.7 Å². The lowest BCUT2D eigenvalue weighted by Gasteiger charge is -2.51. The molecule has 0 spiro atoms. The number of carbonyl (C=O) groups excluding carboxylic acids is 1. The Morgan fingerprint density at radius 2 is 2.16 bits per heavy atom. The highest BCUT2D eigenvalue weighted by atomic mass is 16.5. The molecule has 2 amide bonds. The van der Waals surface area contributed by atoms with Gasteiger partial charge in [-0.15, -0.1) is 6.58 Å². The minimum atomic E-state index is -0.308. The van der Waals surface area contributed by atoms with Gasteiger partial charge in [-0.1, -0.05) is 6.08 Å². The van der Waals surface area contributed by atoms with E-state index < -0.39 is 0 Å². The molecule has 1 aromatic heterocycles. The summed E-state index contributed by atoms with van der Waals surface area (Å²) in [5, 5.41) is 7.41. The van der Waals surface area contributed by atoms with E-state index in [4.69, 9.17) is 4.74 Å². The van der Waals surface area contributed by atoms with Crippen molar-refractivity contribution < 1.29 is 9.53 Å². The van der Waals surface area contributed by atoms with E-state index >= 15 is 0 Å². The molecule has 31 heavy (non-hydrogen) atoms. The zero-order chi connectivity index (χ0) is 22.2. The summed E-state index contributed by atoms with van der Waals surface area (Å²) < 4.78 is 5.48. The molecule has 3 aliphatic heterocycles. The summed E-state index contributed by atoms with van der Waals surface area (Å²) in [4.78, 5) is 20.0. The maximum Gasteiger partial charge on any atom is 0.315 e. The predicted molar refractivity (Wildman–Crippen MR) is 124 cm³/mol. The molecule has 1 unspecified atom stereocenters. The van der Waals surface area contributed by atoms with Crippen molar-refractivity contribution in [3.8, 4) is 5.75 Å². The number of carbonyl (C=O) groups is 1. The topological polar surface area (TPSA) is 66.5 Å². The normalized spacial score (nSPS) is 26.3. The van der Waals surface area contributed by atoms with Crippen molar-refractivity contribution in [1.29, 1.82) is 0 Å². The van der Waals surface area contributed by atoms with Crippen LogP contribution in [-0.4, -0.2) is 47.7 Å². The summed E-state index contributed by atoms with van der Waals surface area (Å²) in [6.07, 6.45) is 6.18. The Bertz CT molecular complexity index is 968. The molecular formula is C25H34N4O2. The number of fused-ring (bicyclic) bond motifs is 4. The van der Waals surface area contributed by atoms with Crippen LogP contribution in [0.1, 0.15) is 45.2 Å². The van der Waals surface area contributed by atoms with Crippen molar-refractivity contribution >= 4 is 16.9 Å². The van der Waals surface area contributed by atoms with Crippen molar-refractivity contribution in [1.82, 2.24) is 20.5 Å². The third-order valence-corrected chi connectivity index (χ3v) is 6.63. The number of methoxy groups -OCH3 is 1. The Kier molecular flexibility index (Phi) is 5.93. The average Bonchev–Trinajstić information content (AvgIpc) is 2.75. The summed E-state index contributed by atoms with van der Waals surface area (Å²) >= 11 is 0. The lowest BCUT2D eigenvalue weighted by molar-refractivity contribution is 0.00301. The number of pyridine rings is 1. The molecule has 0 radical (unpaired) electrons. The molecule has 3 fully saturated rings. The first kappa shape index (κ1) is 21.6. The Morgan fingerprint density at radius 1 is 1.35 bits per heavy atom. The van der Waals surface area contributed by atoms with Crippen LogP contribution < -0.4 is 15.4 Å². The maximum atomic E-state index is 13.0. The van der Waals surface area contributed by atoms with Gasteiger partial charge >= 0.3 is 6.03 Å². The zero-order valence-electron chi connectivity index (χ0n) is 19.0. The van der Waals surface area contributed by atoms with E-state index in [1.54, 1.807) is 7.11 Å². The number of hydrogen-bond donors (Lipinski definition) is 2. The molecule has 5 atom stereocenters. The fourth-order valence-corrected chi connectivity index (χ4v) is 5.17. The molecule has 4 heterocycles. The monoisotopic (exact) mass is 422 g/mol. The minimum absolute atomic E-state index is 0.145. The second-order valence-corrected chi connectivity index (χ2v) is 9.86. The predicted octanol–water partition coefficient (Wildman–Crippen LogP) is 4.28. The Balaban J connectivity index is 1.74. The lowest BCUT2D eigenvalue weighted by Crippen LogP contribution is -2.59. The molecule has 3 saturated heterocycles. The Labute approximate surface area is 185 Å². The van der Waals surface area contributed by atoms with E-state index in [9.17, 15) is 4.79 Å². The third-order valence-electron chi connectivity index (χ3n) is 6.63. The highest BCUT2D eigenvalue weighted by molar-refractivity contribution is 5.85. The van der Waals surface area contributed by atoms with Gasteiger partial charge in [0.2, 0.25) is 0 Å². The zero-order valence-corrected chi connectivity index (χ0v) is 19.0. The van der Waals surface area contributed by atoms with Gasteiger partial charge in [-0.3, -0.25) is 9.88 Å². The molecule has 2 bridgehead atoms. The van der Waals surface area contributed by atoms with E-state index in [2.05, 4.69) is 33.2 Å². The van der Waals surface area contributed by atoms with Crippen LogP contribution in [0.3, 0.4) is 0 Å². The summed E-state index contributed by atoms with van der Waals surface area (Å²) in [5.74, 6) is 1.94. The highest BCUT2D eigenvalue weighted by Crippen LogP contribution is 2.42. The first-order chi connectivity index (χ1) is 14.8. The van der Waals surface area contributed by atoms with Crippen molar-refractivity contribution in [2.45, 2.75) is 51.2 Å². The Morgan fingerprint density at radius 3 is 2.81 bits per heavy atom. The molecule has 3 aliphatic rings. The van der Waals surface area contributed by atoms with Crippen molar-refractivity contribution in [2.75, 3.05) is 20.2 Å². The highest BCUT2D eigenvalue weighted by Gasteiger charge is 2.43. The molecule has 6 nitrogen and oxygen atoms in total. The largest absolute Gasteiger partial charge is 0.497 e. The van der Waals surface area contributed by atoms with Gasteiger partial charge in [0, 0.05) is 29.7 Å². The number of ether oxygens (including phenoxy) is 1. The number of nitrogens with zero attached hydrogens (tertiary/aromatic N) is 2. The Hall–Kier alpha value is -2.60. The quantitative estimate of drug-likeness (QED) is 0.706. The number of benzene rings is 1. The van der Waals surface area contributed by atoms with Gasteiger partial charge < -0.3 is 15.4 Å². The van der Waals surface area contributed by atoms with Gasteiger partial charge in [0.15, 0.2) is 0 Å². The number of amides is 2. The SMILES string of the molecule is C=C[C@H]1CN2CC[C@H]1C[C@H]2[C@@H](NC(=O)NC(C)(C)C)c1ccnc2ccc(OC)cc12. The number of piperidine rings is 3. The molecule has 166 valence electrons. The van der Waals surface area contributed by atoms with Crippen molar-refractivity contribution in [3.05, 3.63) is 48.7 Å². The third kappa shape index (κ3) is 4.54. The molecule has 2 aromatic rings. The average molecular weight is 423 g/mol. The summed E-state index contributed by atoms with van der Waals surface area (Å²) in [7, 11) is 1.67. The van der Waals surface area contributed by atoms with E-state index in [0.29, 0.717) is 11.8 Å². The molecule has 5 rings (SSSR count). The van der Waals surface area contributed by atoms with Gasteiger partial charge in [0.25, 0.3) is 0 Å². The first-order valence-electron chi connectivity index (χ1n) is 11.2. The minimum Gasteiger partial charge on any atom is -0.497 e. The van der Waals surface area contributed by atoms with Crippen LogP contribution >= 0.6 is 0 Å². The molecule has 6 heteroatoms. The lowest BCUT2D eigenvalue weighted by atomic mass is 9.73. The number of urea groups is 1. The number of nitrogens with one attached hydrogen (secondary N) is 2. The van der Waals surface area contributed by atoms with Crippen LogP contribution in [0.4, 0.5) is 4.79 Å². The van der Waals surface area contributed by atoms with Crippen LogP contribution in [-0.2, 0) is 0 Å².